The fourth-order valence-electron chi connectivity index (χ4n) is 2.15. The summed E-state index contributed by atoms with van der Waals surface area (Å²) in [5, 5.41) is 10.9. The number of benzene rings is 1. The highest BCUT2D eigenvalue weighted by molar-refractivity contribution is 6.34. The molecule has 2 rings (SSSR count). The molecule has 0 N–H and O–H groups in total. The minimum absolute atomic E-state index is 0.135. The predicted molar refractivity (Wildman–Crippen MR) is 77.0 cm³/mol. The largest absolute Gasteiger partial charge is 0.377 e. The second kappa shape index (κ2) is 6.52. The Balaban J connectivity index is 2.13. The van der Waals surface area contributed by atoms with Crippen LogP contribution in [0.4, 0.5) is 5.69 Å². The molecule has 0 aliphatic carbocycles. The van der Waals surface area contributed by atoms with Crippen molar-refractivity contribution in [2.75, 3.05) is 13.1 Å². The van der Waals surface area contributed by atoms with Crippen molar-refractivity contribution in [3.05, 3.63) is 51.2 Å². The molecule has 1 aromatic carbocycles. The van der Waals surface area contributed by atoms with Crippen LogP contribution in [0, 0.1) is 10.1 Å². The number of hydrogen-bond donors (Lipinski definition) is 0. The van der Waals surface area contributed by atoms with Crippen LogP contribution in [-0.4, -0.2) is 28.7 Å². The number of allylic oxidation sites excluding steroid dienone is 1. The lowest BCUT2D eigenvalue weighted by molar-refractivity contribution is -0.384. The van der Waals surface area contributed by atoms with Crippen LogP contribution in [0.1, 0.15) is 29.6 Å². The molecule has 20 heavy (non-hydrogen) atoms. The van der Waals surface area contributed by atoms with Crippen LogP contribution in [0.15, 0.2) is 30.5 Å². The average molecular weight is 295 g/mol. The Bertz CT molecular complexity index is 551. The van der Waals surface area contributed by atoms with E-state index in [4.69, 9.17) is 11.6 Å². The van der Waals surface area contributed by atoms with E-state index in [1.54, 1.807) is 6.20 Å². The Morgan fingerprint density at radius 3 is 2.65 bits per heavy atom. The molecule has 0 saturated carbocycles. The zero-order valence-corrected chi connectivity index (χ0v) is 11.7. The van der Waals surface area contributed by atoms with Crippen molar-refractivity contribution in [2.45, 2.75) is 19.3 Å². The first kappa shape index (κ1) is 14.5. The van der Waals surface area contributed by atoms with E-state index in [0.717, 1.165) is 25.9 Å². The fourth-order valence-corrected chi connectivity index (χ4v) is 2.36. The van der Waals surface area contributed by atoms with Crippen LogP contribution in [0.25, 0.3) is 0 Å². The van der Waals surface area contributed by atoms with Crippen LogP contribution in [0.2, 0.25) is 5.02 Å². The number of nitro benzene ring substituents is 1. The number of nitrogens with zero attached hydrogens (tertiary/aromatic N) is 2. The zero-order valence-electron chi connectivity index (χ0n) is 10.9. The third-order valence-corrected chi connectivity index (χ3v) is 3.58. The molecule has 0 bridgehead atoms. The lowest BCUT2D eigenvalue weighted by Crippen LogP contribution is -2.24. The number of rotatable bonds is 4. The molecular weight excluding hydrogens is 280 g/mol. The van der Waals surface area contributed by atoms with Gasteiger partial charge in [0.1, 0.15) is 0 Å². The maximum atomic E-state index is 12.1. The third-order valence-electron chi connectivity index (χ3n) is 3.25. The average Bonchev–Trinajstić information content (AvgIpc) is 2.46. The number of likely N-dealkylation sites (tertiary alicyclic amines) is 1. The van der Waals surface area contributed by atoms with Crippen molar-refractivity contribution < 1.29 is 9.72 Å². The Hall–Kier alpha value is -1.88. The SMILES string of the molecule is O=C(/C=C/N1CCCCC1)c1cc([N+](=O)[O-])ccc1Cl. The molecule has 1 aromatic rings. The normalized spacial score (nSPS) is 15.6. The van der Waals surface area contributed by atoms with Crippen LogP contribution in [0.3, 0.4) is 0 Å². The number of carbonyl (C=O) groups is 1. The summed E-state index contributed by atoms with van der Waals surface area (Å²) in [5.41, 5.74) is 0.0262. The lowest BCUT2D eigenvalue weighted by atomic mass is 10.1. The monoisotopic (exact) mass is 294 g/mol. The molecule has 0 aromatic heterocycles. The molecule has 1 aliphatic heterocycles. The number of hydrogen-bond acceptors (Lipinski definition) is 4. The topological polar surface area (TPSA) is 63.5 Å². The molecular formula is C14H15ClN2O3. The quantitative estimate of drug-likeness (QED) is 0.369. The number of non-ortho nitro benzene ring substituents is 1. The van der Waals surface area contributed by atoms with Gasteiger partial charge in [-0.25, -0.2) is 0 Å². The van der Waals surface area contributed by atoms with Gasteiger partial charge in [0, 0.05) is 43.1 Å². The molecule has 1 saturated heterocycles. The van der Waals surface area contributed by atoms with Crippen LogP contribution < -0.4 is 0 Å². The minimum Gasteiger partial charge on any atom is -0.377 e. The molecule has 6 heteroatoms. The summed E-state index contributed by atoms with van der Waals surface area (Å²) < 4.78 is 0. The van der Waals surface area contributed by atoms with Crippen LogP contribution in [0.5, 0.6) is 0 Å². The molecule has 0 atom stereocenters. The minimum atomic E-state index is -0.540. The summed E-state index contributed by atoms with van der Waals surface area (Å²) in [6.07, 6.45) is 6.63. The zero-order chi connectivity index (χ0) is 14.5. The Morgan fingerprint density at radius 2 is 2.00 bits per heavy atom. The van der Waals surface area contributed by atoms with Gasteiger partial charge in [-0.2, -0.15) is 0 Å². The second-order valence-corrected chi connectivity index (χ2v) is 5.11. The van der Waals surface area contributed by atoms with Gasteiger partial charge in [-0.15, -0.1) is 0 Å². The van der Waals surface area contributed by atoms with Crippen molar-refractivity contribution in [1.82, 2.24) is 4.90 Å². The van der Waals surface area contributed by atoms with Gasteiger partial charge in [-0.1, -0.05) is 11.6 Å². The van der Waals surface area contributed by atoms with E-state index in [9.17, 15) is 14.9 Å². The predicted octanol–water partition coefficient (Wildman–Crippen LogP) is 3.43. The molecule has 0 spiro atoms. The summed E-state index contributed by atoms with van der Waals surface area (Å²) >= 11 is 5.93. The van der Waals surface area contributed by atoms with Crippen LogP contribution in [-0.2, 0) is 0 Å². The maximum absolute atomic E-state index is 12.1. The number of piperidine rings is 1. The Labute approximate surface area is 122 Å². The fraction of sp³-hybridized carbons (Fsp3) is 0.357. The summed E-state index contributed by atoms with van der Waals surface area (Å²) in [5.74, 6) is -0.315. The first-order valence-electron chi connectivity index (χ1n) is 6.48. The summed E-state index contributed by atoms with van der Waals surface area (Å²) in [4.78, 5) is 24.3. The maximum Gasteiger partial charge on any atom is 0.270 e. The molecule has 5 nitrogen and oxygen atoms in total. The third kappa shape index (κ3) is 3.57. The van der Waals surface area contributed by atoms with Gasteiger partial charge in [0.2, 0.25) is 0 Å². The van der Waals surface area contributed by atoms with Gasteiger partial charge in [0.05, 0.1) is 9.95 Å². The second-order valence-electron chi connectivity index (χ2n) is 4.70. The van der Waals surface area contributed by atoms with Gasteiger partial charge in [0.25, 0.3) is 5.69 Å². The molecule has 106 valence electrons. The van der Waals surface area contributed by atoms with E-state index in [1.165, 1.54) is 30.7 Å². The molecule has 0 amide bonds. The van der Waals surface area contributed by atoms with Gasteiger partial charge in [-0.05, 0) is 25.3 Å². The highest BCUT2D eigenvalue weighted by Gasteiger charge is 2.14. The first-order chi connectivity index (χ1) is 9.58. The van der Waals surface area contributed by atoms with E-state index in [2.05, 4.69) is 4.90 Å². The highest BCUT2D eigenvalue weighted by Crippen LogP contribution is 2.23. The van der Waals surface area contributed by atoms with Gasteiger partial charge >= 0.3 is 0 Å². The Morgan fingerprint density at radius 1 is 1.30 bits per heavy atom. The number of nitro groups is 1. The van der Waals surface area contributed by atoms with Crippen molar-refractivity contribution in [1.29, 1.82) is 0 Å². The van der Waals surface area contributed by atoms with Crippen molar-refractivity contribution >= 4 is 23.1 Å². The van der Waals surface area contributed by atoms with E-state index < -0.39 is 4.92 Å². The number of ketones is 1. The van der Waals surface area contributed by atoms with E-state index in [0.29, 0.717) is 0 Å². The molecule has 1 heterocycles. The molecule has 0 radical (unpaired) electrons. The Kier molecular flexibility index (Phi) is 4.74. The molecule has 1 aliphatic rings. The molecule has 1 fully saturated rings. The van der Waals surface area contributed by atoms with Gasteiger partial charge in [-0.3, -0.25) is 14.9 Å². The highest BCUT2D eigenvalue weighted by atomic mass is 35.5. The van der Waals surface area contributed by atoms with E-state index in [-0.39, 0.29) is 22.1 Å². The van der Waals surface area contributed by atoms with Crippen molar-refractivity contribution in [3.8, 4) is 0 Å². The summed E-state index contributed by atoms with van der Waals surface area (Å²) in [7, 11) is 0. The van der Waals surface area contributed by atoms with E-state index >= 15 is 0 Å². The lowest BCUT2D eigenvalue weighted by Gasteiger charge is -2.24. The number of halogens is 1. The van der Waals surface area contributed by atoms with Crippen LogP contribution >= 0.6 is 11.6 Å². The van der Waals surface area contributed by atoms with E-state index in [1.807, 2.05) is 0 Å². The summed E-state index contributed by atoms with van der Waals surface area (Å²) in [6.45, 7) is 1.87. The van der Waals surface area contributed by atoms with Gasteiger partial charge in [0.15, 0.2) is 5.78 Å². The van der Waals surface area contributed by atoms with Gasteiger partial charge < -0.3 is 4.90 Å². The smallest absolute Gasteiger partial charge is 0.270 e. The standard InChI is InChI=1S/C14H15ClN2O3/c15-13-5-4-11(17(19)20)10-12(13)14(18)6-9-16-7-2-1-3-8-16/h4-6,9-10H,1-3,7-8H2/b9-6+. The van der Waals surface area contributed by atoms with Crippen molar-refractivity contribution in [2.24, 2.45) is 0 Å². The van der Waals surface area contributed by atoms with Crippen molar-refractivity contribution in [3.63, 3.8) is 0 Å². The number of carbonyl (C=O) groups excluding carboxylic acids is 1. The molecule has 0 unspecified atom stereocenters. The summed E-state index contributed by atoms with van der Waals surface area (Å²) in [6, 6.07) is 3.88. The first-order valence-corrected chi connectivity index (χ1v) is 6.86.